The van der Waals surface area contributed by atoms with E-state index in [1.807, 2.05) is 44.1 Å². The Labute approximate surface area is 232 Å². The van der Waals surface area contributed by atoms with E-state index in [1.54, 1.807) is 54.9 Å². The maximum atomic E-state index is 13.0. The van der Waals surface area contributed by atoms with Crippen LogP contribution in [0.5, 0.6) is 5.75 Å². The quantitative estimate of drug-likeness (QED) is 0.148. The second-order valence-electron chi connectivity index (χ2n) is 9.89. The molecule has 1 heterocycles. The monoisotopic (exact) mass is 549 g/mol. The van der Waals surface area contributed by atoms with Crippen molar-refractivity contribution in [1.82, 2.24) is 15.4 Å². The first-order valence-electron chi connectivity index (χ1n) is 12.6. The number of H-pyrrole nitrogens is 1. The molecule has 4 aromatic rings. The van der Waals surface area contributed by atoms with Crippen LogP contribution in [0.1, 0.15) is 30.6 Å². The van der Waals surface area contributed by atoms with E-state index in [2.05, 4.69) is 15.3 Å². The lowest BCUT2D eigenvalue weighted by Gasteiger charge is -2.17. The van der Waals surface area contributed by atoms with E-state index in [0.717, 1.165) is 16.7 Å². The summed E-state index contributed by atoms with van der Waals surface area (Å²) in [5.41, 5.74) is 6.11. The Morgan fingerprint density at radius 2 is 1.90 bits per heavy atom. The Hall–Kier alpha value is -4.08. The lowest BCUT2D eigenvalue weighted by Crippen LogP contribution is -2.28. The van der Waals surface area contributed by atoms with Crippen molar-refractivity contribution in [2.45, 2.75) is 20.3 Å². The molecule has 2 atom stereocenters. The summed E-state index contributed by atoms with van der Waals surface area (Å²) >= 11 is 6.50. The minimum atomic E-state index is -0.426. The number of carbonyl (C=O) groups excluding carboxylic acids is 2. The summed E-state index contributed by atoms with van der Waals surface area (Å²) in [6, 6.07) is 18.1. The van der Waals surface area contributed by atoms with Crippen molar-refractivity contribution in [3.05, 3.63) is 71.2 Å². The second kappa shape index (κ2) is 12.2. The van der Waals surface area contributed by atoms with Crippen molar-refractivity contribution in [2.24, 2.45) is 11.8 Å². The Morgan fingerprint density at radius 3 is 2.64 bits per heavy atom. The summed E-state index contributed by atoms with van der Waals surface area (Å²) in [4.78, 5) is 34.6. The Bertz CT molecular complexity index is 1490. The van der Waals surface area contributed by atoms with E-state index in [-0.39, 0.29) is 17.7 Å². The van der Waals surface area contributed by atoms with Gasteiger partial charge in [0.25, 0.3) is 5.91 Å². The molecule has 0 aliphatic carbocycles. The summed E-state index contributed by atoms with van der Waals surface area (Å²) in [6.07, 6.45) is 0.549. The first kappa shape index (κ1) is 27.9. The number of benzene rings is 3. The van der Waals surface area contributed by atoms with E-state index < -0.39 is 5.91 Å². The number of nitrogens with one attached hydrogen (secondary N) is 3. The van der Waals surface area contributed by atoms with Crippen molar-refractivity contribution < 1.29 is 19.5 Å². The molecule has 9 nitrogen and oxygen atoms in total. The third-order valence-corrected chi connectivity index (χ3v) is 6.74. The number of imidazole rings is 1. The van der Waals surface area contributed by atoms with Crippen molar-refractivity contribution in [3.63, 3.8) is 0 Å². The predicted molar refractivity (Wildman–Crippen MR) is 154 cm³/mol. The molecule has 0 saturated heterocycles. The number of aromatic nitrogens is 2. The average Bonchev–Trinajstić information content (AvgIpc) is 3.35. The number of hydrogen-bond donors (Lipinski definition) is 4. The van der Waals surface area contributed by atoms with Gasteiger partial charge in [-0.25, -0.2) is 10.5 Å². The van der Waals surface area contributed by atoms with Crippen molar-refractivity contribution >= 4 is 45.8 Å². The molecule has 0 aliphatic rings. The van der Waals surface area contributed by atoms with Crippen molar-refractivity contribution in [2.75, 3.05) is 30.9 Å². The van der Waals surface area contributed by atoms with Crippen LogP contribution >= 0.6 is 11.6 Å². The number of ether oxygens (including phenoxy) is 1. The minimum Gasteiger partial charge on any atom is -0.493 e. The van der Waals surface area contributed by atoms with Crippen LogP contribution < -0.4 is 20.4 Å². The molecule has 10 heteroatoms. The maximum Gasteiger partial charge on any atom is 0.255 e. The van der Waals surface area contributed by atoms with Crippen LogP contribution in [0.25, 0.3) is 22.4 Å². The number of rotatable bonds is 10. The standard InChI is InChI=1S/C29H32ClN5O4/c1-17(12-18(2)28(36)34-38)16-39-22-7-5-6-19(13-22)29(37)31-20-8-10-24(30)23(14-20)27-32-25-11-9-21(35(3)4)15-26(25)33-27/h5-11,13-15,17-18,38H,12,16H2,1-4H3,(H,31,37)(H,32,33)(H,34,36). The van der Waals surface area contributed by atoms with Gasteiger partial charge in [0.15, 0.2) is 0 Å². The number of anilines is 2. The van der Waals surface area contributed by atoms with Gasteiger partial charge in [-0.3, -0.25) is 14.8 Å². The van der Waals surface area contributed by atoms with Gasteiger partial charge in [0, 0.05) is 42.5 Å². The molecule has 0 saturated carbocycles. The van der Waals surface area contributed by atoms with Gasteiger partial charge >= 0.3 is 0 Å². The molecule has 204 valence electrons. The van der Waals surface area contributed by atoms with Crippen LogP contribution in [0.15, 0.2) is 60.7 Å². The molecule has 0 aliphatic heterocycles. The van der Waals surface area contributed by atoms with Crippen LogP contribution in [-0.4, -0.2) is 47.7 Å². The smallest absolute Gasteiger partial charge is 0.255 e. The predicted octanol–water partition coefficient (Wildman–Crippen LogP) is 5.75. The fraction of sp³-hybridized carbons (Fsp3) is 0.276. The fourth-order valence-electron chi connectivity index (χ4n) is 4.25. The Morgan fingerprint density at radius 1 is 1.10 bits per heavy atom. The molecule has 2 amide bonds. The van der Waals surface area contributed by atoms with Crippen LogP contribution in [0.4, 0.5) is 11.4 Å². The zero-order valence-corrected chi connectivity index (χ0v) is 23.0. The Kier molecular flexibility index (Phi) is 8.73. The first-order valence-corrected chi connectivity index (χ1v) is 13.0. The van der Waals surface area contributed by atoms with Gasteiger partial charge in [-0.05, 0) is 66.9 Å². The lowest BCUT2D eigenvalue weighted by molar-refractivity contribution is -0.133. The highest BCUT2D eigenvalue weighted by Crippen LogP contribution is 2.31. The summed E-state index contributed by atoms with van der Waals surface area (Å²) in [7, 11) is 3.96. The molecule has 0 radical (unpaired) electrons. The molecule has 0 fully saturated rings. The normalized spacial score (nSPS) is 12.6. The van der Waals surface area contributed by atoms with Gasteiger partial charge in [-0.1, -0.05) is 31.5 Å². The zero-order chi connectivity index (χ0) is 28.1. The number of hydroxylamine groups is 1. The summed E-state index contributed by atoms with van der Waals surface area (Å²) in [5.74, 6) is 0.155. The third-order valence-electron chi connectivity index (χ3n) is 6.41. The van der Waals surface area contributed by atoms with Crippen molar-refractivity contribution in [3.8, 4) is 17.1 Å². The van der Waals surface area contributed by atoms with Gasteiger partial charge in [0.2, 0.25) is 5.91 Å². The van der Waals surface area contributed by atoms with Crippen LogP contribution in [0.3, 0.4) is 0 Å². The van der Waals surface area contributed by atoms with Crippen LogP contribution in [-0.2, 0) is 4.79 Å². The minimum absolute atomic E-state index is 0.0648. The third kappa shape index (κ3) is 6.87. The highest BCUT2D eigenvalue weighted by molar-refractivity contribution is 6.33. The summed E-state index contributed by atoms with van der Waals surface area (Å²) in [5, 5.41) is 12.2. The number of hydrogen-bond acceptors (Lipinski definition) is 6. The van der Waals surface area contributed by atoms with E-state index in [0.29, 0.717) is 46.4 Å². The van der Waals surface area contributed by atoms with Crippen molar-refractivity contribution in [1.29, 1.82) is 0 Å². The van der Waals surface area contributed by atoms with Crippen LogP contribution in [0, 0.1) is 11.8 Å². The molecule has 0 bridgehead atoms. The average molecular weight is 550 g/mol. The molecule has 3 aromatic carbocycles. The molecule has 4 N–H and O–H groups in total. The molecule has 1 aromatic heterocycles. The van der Waals surface area contributed by atoms with Gasteiger partial charge in [0.1, 0.15) is 11.6 Å². The maximum absolute atomic E-state index is 13.0. The molecule has 0 spiro atoms. The topological polar surface area (TPSA) is 120 Å². The number of nitrogens with zero attached hydrogens (tertiary/aromatic N) is 2. The second-order valence-corrected chi connectivity index (χ2v) is 10.3. The summed E-state index contributed by atoms with van der Waals surface area (Å²) < 4.78 is 5.86. The van der Waals surface area contributed by atoms with E-state index in [9.17, 15) is 9.59 Å². The zero-order valence-electron chi connectivity index (χ0n) is 22.3. The van der Waals surface area contributed by atoms with E-state index in [4.69, 9.17) is 21.5 Å². The number of fused-ring (bicyclic) bond motifs is 1. The molecular weight excluding hydrogens is 518 g/mol. The lowest BCUT2D eigenvalue weighted by atomic mass is 9.97. The van der Waals surface area contributed by atoms with E-state index >= 15 is 0 Å². The van der Waals surface area contributed by atoms with Gasteiger partial charge in [-0.15, -0.1) is 0 Å². The Balaban J connectivity index is 1.45. The van der Waals surface area contributed by atoms with Gasteiger partial charge in [-0.2, -0.15) is 0 Å². The number of carbonyl (C=O) groups is 2. The number of halogens is 1. The fourth-order valence-corrected chi connectivity index (χ4v) is 4.45. The highest BCUT2D eigenvalue weighted by Gasteiger charge is 2.17. The van der Waals surface area contributed by atoms with E-state index in [1.165, 1.54) is 0 Å². The number of aromatic amines is 1. The molecule has 2 unspecified atom stereocenters. The first-order chi connectivity index (χ1) is 18.6. The molecular formula is C29H32ClN5O4. The SMILES string of the molecule is CC(COc1cccc(C(=O)Nc2ccc(Cl)c(-c3nc4ccc(N(C)C)cc4[nH]3)c2)c1)CC(C)C(=O)NO. The molecule has 4 rings (SSSR count). The van der Waals surface area contributed by atoms with Gasteiger partial charge < -0.3 is 19.9 Å². The highest BCUT2D eigenvalue weighted by atomic mass is 35.5. The summed E-state index contributed by atoms with van der Waals surface area (Å²) in [6.45, 7) is 4.06. The molecule has 39 heavy (non-hydrogen) atoms. The largest absolute Gasteiger partial charge is 0.493 e. The van der Waals surface area contributed by atoms with Crippen LogP contribution in [0.2, 0.25) is 5.02 Å². The van der Waals surface area contributed by atoms with Gasteiger partial charge in [0.05, 0.1) is 22.7 Å². The number of amides is 2.